The molecule has 7 heteroatoms. The maximum absolute atomic E-state index is 12.0. The van der Waals surface area contributed by atoms with E-state index < -0.39 is 18.1 Å². The van der Waals surface area contributed by atoms with E-state index in [-0.39, 0.29) is 30.9 Å². The van der Waals surface area contributed by atoms with Crippen molar-refractivity contribution in [1.82, 2.24) is 15.5 Å². The van der Waals surface area contributed by atoms with Crippen molar-refractivity contribution < 1.29 is 19.5 Å². The van der Waals surface area contributed by atoms with Crippen LogP contribution < -0.4 is 10.6 Å². The van der Waals surface area contributed by atoms with Crippen LogP contribution >= 0.6 is 0 Å². The van der Waals surface area contributed by atoms with Crippen LogP contribution in [0.2, 0.25) is 0 Å². The van der Waals surface area contributed by atoms with Crippen molar-refractivity contribution in [2.75, 3.05) is 13.1 Å². The Kier molecular flexibility index (Phi) is 5.29. The van der Waals surface area contributed by atoms with Gasteiger partial charge < -0.3 is 15.7 Å². The van der Waals surface area contributed by atoms with E-state index in [0.717, 1.165) is 6.42 Å². The van der Waals surface area contributed by atoms with Crippen LogP contribution in [0, 0.1) is 0 Å². The smallest absolute Gasteiger partial charge is 0.322 e. The van der Waals surface area contributed by atoms with Crippen molar-refractivity contribution in [3.05, 3.63) is 0 Å². The fourth-order valence-corrected chi connectivity index (χ4v) is 1.91. The first-order chi connectivity index (χ1) is 8.86. The summed E-state index contributed by atoms with van der Waals surface area (Å²) in [5.41, 5.74) is 0. The molecule has 1 heterocycles. The van der Waals surface area contributed by atoms with E-state index in [1.165, 1.54) is 4.90 Å². The number of rotatable bonds is 5. The maximum atomic E-state index is 12.0. The number of amides is 2. The van der Waals surface area contributed by atoms with E-state index in [4.69, 9.17) is 5.11 Å². The van der Waals surface area contributed by atoms with Gasteiger partial charge in [-0.15, -0.1) is 0 Å². The Morgan fingerprint density at radius 2 is 2.16 bits per heavy atom. The fraction of sp³-hybridized carbons (Fsp3) is 0.750. The highest BCUT2D eigenvalue weighted by Crippen LogP contribution is 2.10. The van der Waals surface area contributed by atoms with Gasteiger partial charge in [-0.25, -0.2) is 0 Å². The quantitative estimate of drug-likeness (QED) is 0.606. The lowest BCUT2D eigenvalue weighted by atomic mass is 10.1. The van der Waals surface area contributed by atoms with Gasteiger partial charge in [-0.05, 0) is 20.3 Å². The number of hydrogen-bond donors (Lipinski definition) is 3. The molecule has 3 atom stereocenters. The van der Waals surface area contributed by atoms with Crippen LogP contribution in [0.5, 0.6) is 0 Å². The Hall–Kier alpha value is -1.63. The predicted molar refractivity (Wildman–Crippen MR) is 68.5 cm³/mol. The summed E-state index contributed by atoms with van der Waals surface area (Å²) in [6.07, 6.45) is 0.793. The van der Waals surface area contributed by atoms with E-state index in [1.807, 2.05) is 13.8 Å². The maximum Gasteiger partial charge on any atom is 0.322 e. The first-order valence-electron chi connectivity index (χ1n) is 6.42. The molecule has 19 heavy (non-hydrogen) atoms. The Balaban J connectivity index is 2.75. The third kappa shape index (κ3) is 3.92. The second-order valence-electron chi connectivity index (χ2n) is 4.82. The van der Waals surface area contributed by atoms with Crippen molar-refractivity contribution in [3.8, 4) is 0 Å². The molecule has 1 rings (SSSR count). The van der Waals surface area contributed by atoms with Gasteiger partial charge in [0.05, 0.1) is 12.6 Å². The number of hydrogen-bond acceptors (Lipinski definition) is 4. The van der Waals surface area contributed by atoms with E-state index in [9.17, 15) is 14.4 Å². The molecule has 0 aromatic carbocycles. The summed E-state index contributed by atoms with van der Waals surface area (Å²) in [5.74, 6) is -1.56. The number of carboxylic acid groups (broad SMARTS) is 1. The second kappa shape index (κ2) is 6.51. The minimum absolute atomic E-state index is 0.0229. The van der Waals surface area contributed by atoms with E-state index >= 15 is 0 Å². The van der Waals surface area contributed by atoms with Crippen LogP contribution in [0.1, 0.15) is 27.2 Å². The van der Waals surface area contributed by atoms with Crippen molar-refractivity contribution in [2.24, 2.45) is 0 Å². The third-order valence-corrected chi connectivity index (χ3v) is 3.38. The first kappa shape index (κ1) is 15.4. The van der Waals surface area contributed by atoms with Crippen molar-refractivity contribution in [1.29, 1.82) is 0 Å². The van der Waals surface area contributed by atoms with Gasteiger partial charge in [0.1, 0.15) is 6.04 Å². The Bertz CT molecular complexity index is 372. The molecule has 0 radical (unpaired) electrons. The van der Waals surface area contributed by atoms with Gasteiger partial charge in [0.25, 0.3) is 0 Å². The normalized spacial score (nSPS) is 23.3. The lowest BCUT2D eigenvalue weighted by molar-refractivity contribution is -0.148. The van der Waals surface area contributed by atoms with Crippen LogP contribution in [0.3, 0.4) is 0 Å². The zero-order valence-electron chi connectivity index (χ0n) is 11.5. The lowest BCUT2D eigenvalue weighted by Gasteiger charge is -2.36. The summed E-state index contributed by atoms with van der Waals surface area (Å²) in [7, 11) is 0. The molecular formula is C12H21N3O4. The zero-order chi connectivity index (χ0) is 14.6. The lowest BCUT2D eigenvalue weighted by Crippen LogP contribution is -2.62. The highest BCUT2D eigenvalue weighted by atomic mass is 16.4. The molecule has 7 nitrogen and oxygen atoms in total. The Morgan fingerprint density at radius 1 is 1.53 bits per heavy atom. The molecule has 0 spiro atoms. The third-order valence-electron chi connectivity index (χ3n) is 3.38. The molecule has 1 aliphatic heterocycles. The standard InChI is InChI=1S/C12H21N3O4/c1-4-7(2)14-11(17)8(3)15-6-10(16)13-5-9(15)12(18)19/h7-9H,4-6H2,1-3H3,(H,13,16)(H,14,17)(H,18,19). The van der Waals surface area contributed by atoms with E-state index in [0.29, 0.717) is 0 Å². The second-order valence-corrected chi connectivity index (χ2v) is 4.82. The number of nitrogens with zero attached hydrogens (tertiary/aromatic N) is 1. The first-order valence-corrected chi connectivity index (χ1v) is 6.42. The van der Waals surface area contributed by atoms with Gasteiger partial charge in [-0.1, -0.05) is 6.92 Å². The summed E-state index contributed by atoms with van der Waals surface area (Å²) in [6.45, 7) is 5.39. The Labute approximate surface area is 112 Å². The summed E-state index contributed by atoms with van der Waals surface area (Å²) >= 11 is 0. The van der Waals surface area contributed by atoms with Gasteiger partial charge in [0, 0.05) is 12.6 Å². The average Bonchev–Trinajstić information content (AvgIpc) is 2.36. The van der Waals surface area contributed by atoms with Crippen molar-refractivity contribution in [2.45, 2.75) is 45.3 Å². The zero-order valence-corrected chi connectivity index (χ0v) is 11.5. The van der Waals surface area contributed by atoms with Crippen molar-refractivity contribution >= 4 is 17.8 Å². The highest BCUT2D eigenvalue weighted by Gasteiger charge is 2.37. The molecule has 108 valence electrons. The van der Waals surface area contributed by atoms with Gasteiger partial charge in [-0.3, -0.25) is 19.3 Å². The molecule has 1 saturated heterocycles. The number of nitrogens with one attached hydrogen (secondary N) is 2. The molecule has 0 aliphatic carbocycles. The molecule has 0 bridgehead atoms. The molecule has 0 aromatic heterocycles. The highest BCUT2D eigenvalue weighted by molar-refractivity contribution is 5.87. The fourth-order valence-electron chi connectivity index (χ4n) is 1.91. The topological polar surface area (TPSA) is 98.7 Å². The summed E-state index contributed by atoms with van der Waals surface area (Å²) < 4.78 is 0. The largest absolute Gasteiger partial charge is 0.480 e. The Morgan fingerprint density at radius 3 is 2.68 bits per heavy atom. The van der Waals surface area contributed by atoms with E-state index in [2.05, 4.69) is 10.6 Å². The van der Waals surface area contributed by atoms with Gasteiger partial charge in [0.2, 0.25) is 11.8 Å². The van der Waals surface area contributed by atoms with Crippen LogP contribution in [0.15, 0.2) is 0 Å². The summed E-state index contributed by atoms with van der Waals surface area (Å²) in [5, 5.41) is 14.4. The monoisotopic (exact) mass is 271 g/mol. The van der Waals surface area contributed by atoms with Crippen LogP contribution in [0.4, 0.5) is 0 Å². The number of piperazine rings is 1. The van der Waals surface area contributed by atoms with Crippen LogP contribution in [0.25, 0.3) is 0 Å². The van der Waals surface area contributed by atoms with Gasteiger partial charge in [-0.2, -0.15) is 0 Å². The minimum atomic E-state index is -1.04. The van der Waals surface area contributed by atoms with Crippen LogP contribution in [-0.4, -0.2) is 59.0 Å². The number of carbonyl (C=O) groups is 3. The number of carbonyl (C=O) groups excluding carboxylic acids is 2. The molecule has 2 amide bonds. The van der Waals surface area contributed by atoms with Crippen LogP contribution in [-0.2, 0) is 14.4 Å². The molecule has 0 aromatic rings. The molecule has 1 fully saturated rings. The van der Waals surface area contributed by atoms with Gasteiger partial charge >= 0.3 is 5.97 Å². The van der Waals surface area contributed by atoms with E-state index in [1.54, 1.807) is 6.92 Å². The predicted octanol–water partition coefficient (Wildman–Crippen LogP) is -0.825. The molecule has 3 N–H and O–H groups in total. The number of carboxylic acids is 1. The minimum Gasteiger partial charge on any atom is -0.480 e. The molecular weight excluding hydrogens is 250 g/mol. The average molecular weight is 271 g/mol. The SMILES string of the molecule is CCC(C)NC(=O)C(C)N1CC(=O)NCC1C(=O)O. The summed E-state index contributed by atoms with van der Waals surface area (Å²) in [6, 6.07) is -1.49. The molecule has 1 aliphatic rings. The molecule has 3 unspecified atom stereocenters. The summed E-state index contributed by atoms with van der Waals surface area (Å²) in [4.78, 5) is 35.9. The van der Waals surface area contributed by atoms with Gasteiger partial charge in [0.15, 0.2) is 0 Å². The number of aliphatic carboxylic acids is 1. The molecule has 0 saturated carbocycles. The van der Waals surface area contributed by atoms with Crippen molar-refractivity contribution in [3.63, 3.8) is 0 Å².